The Morgan fingerprint density at radius 3 is 2.74 bits per heavy atom. The molecule has 0 atom stereocenters. The number of carbonyl (C=O) groups excluding carboxylic acids is 1. The van der Waals surface area contributed by atoms with Crippen LogP contribution in [0.2, 0.25) is 0 Å². The number of benzene rings is 1. The standard InChI is InChI=1S/C19H20N6OS/c26-18(11-27-19-22-20-12-24(19)14-8-9-14)21-17-10-16(13-6-7-13)23-25(17)15-4-2-1-3-5-15/h1-5,10,12-14H,6-9,11H2,(H,21,26). The summed E-state index contributed by atoms with van der Waals surface area (Å²) in [6, 6.07) is 12.4. The molecule has 1 aromatic carbocycles. The van der Waals surface area contributed by atoms with Gasteiger partial charge in [-0.3, -0.25) is 4.79 Å². The summed E-state index contributed by atoms with van der Waals surface area (Å²) in [4.78, 5) is 12.6. The average molecular weight is 380 g/mol. The summed E-state index contributed by atoms with van der Waals surface area (Å²) in [5.41, 5.74) is 2.00. The van der Waals surface area contributed by atoms with Gasteiger partial charge in [0.05, 0.1) is 17.1 Å². The molecule has 2 saturated carbocycles. The number of thioether (sulfide) groups is 1. The van der Waals surface area contributed by atoms with Crippen molar-refractivity contribution in [1.29, 1.82) is 0 Å². The molecular weight excluding hydrogens is 360 g/mol. The molecule has 2 fully saturated rings. The lowest BCUT2D eigenvalue weighted by atomic mass is 10.3. The van der Waals surface area contributed by atoms with Crippen LogP contribution in [0.15, 0.2) is 47.9 Å². The Labute approximate surface area is 161 Å². The van der Waals surface area contributed by atoms with Crippen LogP contribution in [-0.4, -0.2) is 36.2 Å². The van der Waals surface area contributed by atoms with E-state index in [-0.39, 0.29) is 5.91 Å². The number of carbonyl (C=O) groups is 1. The number of para-hydroxylation sites is 1. The minimum absolute atomic E-state index is 0.0650. The SMILES string of the molecule is O=C(CSc1nncn1C1CC1)Nc1cc(C2CC2)nn1-c1ccccc1. The fourth-order valence-corrected chi connectivity index (χ4v) is 3.86. The quantitative estimate of drug-likeness (QED) is 0.636. The zero-order valence-electron chi connectivity index (χ0n) is 14.8. The molecule has 2 heterocycles. The molecular formula is C19H20N6OS. The van der Waals surface area contributed by atoms with Gasteiger partial charge in [-0.05, 0) is 37.8 Å². The summed E-state index contributed by atoms with van der Waals surface area (Å²) in [6.45, 7) is 0. The predicted octanol–water partition coefficient (Wildman–Crippen LogP) is 3.41. The third kappa shape index (κ3) is 3.62. The molecule has 0 saturated heterocycles. The smallest absolute Gasteiger partial charge is 0.236 e. The lowest BCUT2D eigenvalue weighted by molar-refractivity contribution is -0.113. The van der Waals surface area contributed by atoms with Gasteiger partial charge in [-0.15, -0.1) is 10.2 Å². The second-order valence-electron chi connectivity index (χ2n) is 7.06. The highest BCUT2D eigenvalue weighted by atomic mass is 32.2. The molecule has 0 unspecified atom stereocenters. The Morgan fingerprint density at radius 2 is 2.00 bits per heavy atom. The molecule has 5 rings (SSSR count). The highest BCUT2D eigenvalue weighted by molar-refractivity contribution is 7.99. The number of nitrogens with zero attached hydrogens (tertiary/aromatic N) is 5. The number of aromatic nitrogens is 5. The number of hydrogen-bond donors (Lipinski definition) is 1. The van der Waals surface area contributed by atoms with Gasteiger partial charge in [0.15, 0.2) is 5.16 Å². The summed E-state index contributed by atoms with van der Waals surface area (Å²) in [5, 5.41) is 16.7. The summed E-state index contributed by atoms with van der Waals surface area (Å²) in [6.07, 6.45) is 6.43. The van der Waals surface area contributed by atoms with Crippen LogP contribution in [0.1, 0.15) is 43.3 Å². The fraction of sp³-hybridized carbons (Fsp3) is 0.368. The van der Waals surface area contributed by atoms with Crippen molar-refractivity contribution in [2.45, 2.75) is 42.8 Å². The number of hydrogen-bond acceptors (Lipinski definition) is 5. The largest absolute Gasteiger partial charge is 0.310 e. The van der Waals surface area contributed by atoms with Crippen molar-refractivity contribution in [1.82, 2.24) is 24.5 Å². The molecule has 0 spiro atoms. The van der Waals surface area contributed by atoms with E-state index >= 15 is 0 Å². The topological polar surface area (TPSA) is 77.6 Å². The Balaban J connectivity index is 1.30. The van der Waals surface area contributed by atoms with Gasteiger partial charge in [-0.1, -0.05) is 30.0 Å². The van der Waals surface area contributed by atoms with E-state index in [0.29, 0.717) is 17.7 Å². The van der Waals surface area contributed by atoms with Crippen molar-refractivity contribution >= 4 is 23.5 Å². The van der Waals surface area contributed by atoms with Gasteiger partial charge in [0.25, 0.3) is 0 Å². The Morgan fingerprint density at radius 1 is 1.19 bits per heavy atom. The van der Waals surface area contributed by atoms with Crippen molar-refractivity contribution in [2.75, 3.05) is 11.1 Å². The van der Waals surface area contributed by atoms with Crippen LogP contribution >= 0.6 is 11.8 Å². The van der Waals surface area contributed by atoms with Crippen molar-refractivity contribution < 1.29 is 4.79 Å². The van der Waals surface area contributed by atoms with E-state index in [4.69, 9.17) is 5.10 Å². The molecule has 138 valence electrons. The third-order valence-corrected chi connectivity index (χ3v) is 5.76. The summed E-state index contributed by atoms with van der Waals surface area (Å²) in [7, 11) is 0. The lowest BCUT2D eigenvalue weighted by Gasteiger charge is -2.09. The number of amides is 1. The maximum absolute atomic E-state index is 12.6. The molecule has 2 aliphatic carbocycles. The van der Waals surface area contributed by atoms with E-state index in [1.165, 1.54) is 24.6 Å². The predicted molar refractivity (Wildman–Crippen MR) is 103 cm³/mol. The van der Waals surface area contributed by atoms with Gasteiger partial charge in [0, 0.05) is 18.0 Å². The second kappa shape index (κ2) is 6.84. The molecule has 27 heavy (non-hydrogen) atoms. The lowest BCUT2D eigenvalue weighted by Crippen LogP contribution is -2.17. The van der Waals surface area contributed by atoms with E-state index < -0.39 is 0 Å². The minimum atomic E-state index is -0.0650. The van der Waals surface area contributed by atoms with E-state index in [1.807, 2.05) is 41.1 Å². The summed E-state index contributed by atoms with van der Waals surface area (Å²) in [5.74, 6) is 1.48. The molecule has 3 aromatic rings. The first-order valence-corrected chi connectivity index (χ1v) is 10.2. The molecule has 1 amide bonds. The summed E-state index contributed by atoms with van der Waals surface area (Å²) < 4.78 is 3.89. The molecule has 7 nitrogen and oxygen atoms in total. The Hall–Kier alpha value is -2.61. The van der Waals surface area contributed by atoms with E-state index in [2.05, 4.69) is 20.1 Å². The van der Waals surface area contributed by atoms with Crippen LogP contribution < -0.4 is 5.32 Å². The first-order chi connectivity index (χ1) is 13.3. The fourth-order valence-electron chi connectivity index (χ4n) is 3.08. The van der Waals surface area contributed by atoms with Gasteiger partial charge in [0.1, 0.15) is 12.1 Å². The second-order valence-corrected chi connectivity index (χ2v) is 8.01. The normalized spacial score (nSPS) is 16.4. The molecule has 1 N–H and O–H groups in total. The van der Waals surface area contributed by atoms with E-state index in [1.54, 1.807) is 6.33 Å². The van der Waals surface area contributed by atoms with Gasteiger partial charge in [0.2, 0.25) is 5.91 Å². The molecule has 2 aliphatic rings. The maximum atomic E-state index is 12.6. The first-order valence-electron chi connectivity index (χ1n) is 9.25. The van der Waals surface area contributed by atoms with Crippen LogP contribution in [0.3, 0.4) is 0 Å². The molecule has 8 heteroatoms. The van der Waals surface area contributed by atoms with E-state index in [9.17, 15) is 4.79 Å². The summed E-state index contributed by atoms with van der Waals surface area (Å²) >= 11 is 1.42. The average Bonchev–Trinajstić information content (AvgIpc) is 3.62. The molecule has 0 radical (unpaired) electrons. The zero-order chi connectivity index (χ0) is 18.2. The monoisotopic (exact) mass is 380 g/mol. The van der Waals surface area contributed by atoms with Crippen molar-refractivity contribution in [2.24, 2.45) is 0 Å². The van der Waals surface area contributed by atoms with Crippen LogP contribution in [0.5, 0.6) is 0 Å². The van der Waals surface area contributed by atoms with Crippen molar-refractivity contribution in [3.05, 3.63) is 48.4 Å². The van der Waals surface area contributed by atoms with Crippen LogP contribution in [0.25, 0.3) is 5.69 Å². The van der Waals surface area contributed by atoms with Gasteiger partial charge in [-0.25, -0.2) is 4.68 Å². The van der Waals surface area contributed by atoms with Crippen molar-refractivity contribution in [3.63, 3.8) is 0 Å². The van der Waals surface area contributed by atoms with E-state index in [0.717, 1.165) is 35.2 Å². The highest BCUT2D eigenvalue weighted by Crippen LogP contribution is 2.40. The van der Waals surface area contributed by atoms with Crippen molar-refractivity contribution in [3.8, 4) is 5.69 Å². The van der Waals surface area contributed by atoms with Crippen LogP contribution in [0, 0.1) is 0 Å². The third-order valence-electron chi connectivity index (χ3n) is 4.80. The molecule has 2 aromatic heterocycles. The zero-order valence-corrected chi connectivity index (χ0v) is 15.6. The molecule has 0 bridgehead atoms. The van der Waals surface area contributed by atoms with Gasteiger partial charge >= 0.3 is 0 Å². The van der Waals surface area contributed by atoms with Crippen LogP contribution in [-0.2, 0) is 4.79 Å². The van der Waals surface area contributed by atoms with Crippen LogP contribution in [0.4, 0.5) is 5.82 Å². The first kappa shape index (κ1) is 16.6. The Kier molecular flexibility index (Phi) is 4.20. The minimum Gasteiger partial charge on any atom is -0.310 e. The highest BCUT2D eigenvalue weighted by Gasteiger charge is 2.28. The maximum Gasteiger partial charge on any atom is 0.236 e. The number of nitrogens with one attached hydrogen (secondary N) is 1. The molecule has 0 aliphatic heterocycles. The van der Waals surface area contributed by atoms with Gasteiger partial charge in [-0.2, -0.15) is 5.10 Å². The Bertz CT molecular complexity index is 958. The number of rotatable bonds is 7. The number of anilines is 1. The van der Waals surface area contributed by atoms with Gasteiger partial charge < -0.3 is 9.88 Å².